The molecule has 18 heavy (non-hydrogen) atoms. The van der Waals surface area contributed by atoms with Gasteiger partial charge in [0.25, 0.3) is 0 Å². The number of allylic oxidation sites excluding steroid dienone is 2. The molecule has 1 aliphatic carbocycles. The van der Waals surface area contributed by atoms with E-state index < -0.39 is 17.8 Å². The van der Waals surface area contributed by atoms with Crippen LogP contribution in [0.2, 0.25) is 0 Å². The first-order valence-corrected chi connectivity index (χ1v) is 6.27. The number of carbonyl (C=O) groups excluding carboxylic acids is 1. The fourth-order valence-corrected chi connectivity index (χ4v) is 2.22. The maximum atomic E-state index is 12.3. The molecule has 0 aromatic carbocycles. The molecular formula is C13H21NO4. The number of carboxylic acids is 1. The van der Waals surface area contributed by atoms with Gasteiger partial charge in [-0.05, 0) is 19.8 Å². The smallest absolute Gasteiger partial charge is 0.307 e. The van der Waals surface area contributed by atoms with Crippen molar-refractivity contribution < 1.29 is 19.4 Å². The highest BCUT2D eigenvalue weighted by molar-refractivity contribution is 5.85. The second-order valence-electron chi connectivity index (χ2n) is 4.40. The van der Waals surface area contributed by atoms with Crippen molar-refractivity contribution in [1.82, 2.24) is 4.90 Å². The quantitative estimate of drug-likeness (QED) is 0.723. The molecule has 5 heteroatoms. The molecule has 0 bridgehead atoms. The molecule has 2 unspecified atom stereocenters. The molecule has 0 aromatic rings. The van der Waals surface area contributed by atoms with Crippen molar-refractivity contribution in [3.63, 3.8) is 0 Å². The Bertz CT molecular complexity index is 327. The van der Waals surface area contributed by atoms with E-state index in [1.165, 1.54) is 0 Å². The number of hydrogen-bond acceptors (Lipinski definition) is 3. The minimum absolute atomic E-state index is 0.0775. The van der Waals surface area contributed by atoms with E-state index in [4.69, 9.17) is 9.84 Å². The largest absolute Gasteiger partial charge is 0.481 e. The average Bonchev–Trinajstić information content (AvgIpc) is 2.39. The number of ether oxygens (including phenoxy) is 1. The topological polar surface area (TPSA) is 66.8 Å². The van der Waals surface area contributed by atoms with Crippen molar-refractivity contribution in [2.45, 2.75) is 19.8 Å². The van der Waals surface area contributed by atoms with Crippen LogP contribution in [0.5, 0.6) is 0 Å². The monoisotopic (exact) mass is 255 g/mol. The van der Waals surface area contributed by atoms with E-state index in [1.54, 1.807) is 12.0 Å². The number of likely N-dealkylation sites (N-methyl/N-ethyl adjacent to an activating group) is 1. The third kappa shape index (κ3) is 3.57. The first kappa shape index (κ1) is 14.7. The lowest BCUT2D eigenvalue weighted by atomic mass is 9.82. The number of methoxy groups -OCH3 is 1. The van der Waals surface area contributed by atoms with Gasteiger partial charge in [-0.1, -0.05) is 12.2 Å². The molecule has 5 nitrogen and oxygen atoms in total. The van der Waals surface area contributed by atoms with Gasteiger partial charge in [0.2, 0.25) is 5.91 Å². The lowest BCUT2D eigenvalue weighted by Gasteiger charge is -2.30. The fraction of sp³-hybridized carbons (Fsp3) is 0.692. The Morgan fingerprint density at radius 2 is 1.94 bits per heavy atom. The van der Waals surface area contributed by atoms with Crippen LogP contribution < -0.4 is 0 Å². The summed E-state index contributed by atoms with van der Waals surface area (Å²) in [6.45, 7) is 3.45. The molecule has 0 aliphatic heterocycles. The lowest BCUT2D eigenvalue weighted by Crippen LogP contribution is -2.43. The van der Waals surface area contributed by atoms with Gasteiger partial charge in [0.05, 0.1) is 18.4 Å². The highest BCUT2D eigenvalue weighted by Gasteiger charge is 2.35. The maximum Gasteiger partial charge on any atom is 0.307 e. The van der Waals surface area contributed by atoms with Crippen molar-refractivity contribution >= 4 is 11.9 Å². The van der Waals surface area contributed by atoms with Crippen LogP contribution in [0.4, 0.5) is 0 Å². The molecule has 1 aliphatic rings. The molecule has 2 atom stereocenters. The minimum atomic E-state index is -0.888. The molecule has 0 saturated heterocycles. The SMILES string of the molecule is CCN(CCOC)C(=O)C1CC=CCC1C(=O)O. The standard InChI is InChI=1S/C13H21NO4/c1-3-14(8-9-18-2)12(15)10-6-4-5-7-11(10)13(16)17/h4-5,10-11H,3,6-9H2,1-2H3,(H,16,17). The molecule has 0 radical (unpaired) electrons. The van der Waals surface area contributed by atoms with Gasteiger partial charge in [-0.25, -0.2) is 0 Å². The average molecular weight is 255 g/mol. The van der Waals surface area contributed by atoms with Gasteiger partial charge in [-0.2, -0.15) is 0 Å². The summed E-state index contributed by atoms with van der Waals surface area (Å²) >= 11 is 0. The first-order chi connectivity index (χ1) is 8.61. The van der Waals surface area contributed by atoms with Gasteiger partial charge < -0.3 is 14.7 Å². The number of amides is 1. The summed E-state index contributed by atoms with van der Waals surface area (Å²) in [5.74, 6) is -2.00. The van der Waals surface area contributed by atoms with Crippen molar-refractivity contribution in [2.75, 3.05) is 26.8 Å². The summed E-state index contributed by atoms with van der Waals surface area (Å²) in [7, 11) is 1.59. The van der Waals surface area contributed by atoms with Gasteiger partial charge >= 0.3 is 5.97 Å². The molecule has 0 spiro atoms. The summed E-state index contributed by atoms with van der Waals surface area (Å²) in [5.41, 5.74) is 0. The Morgan fingerprint density at radius 1 is 1.33 bits per heavy atom. The third-order valence-corrected chi connectivity index (χ3v) is 3.33. The van der Waals surface area contributed by atoms with Gasteiger partial charge in [-0.15, -0.1) is 0 Å². The number of hydrogen-bond donors (Lipinski definition) is 1. The summed E-state index contributed by atoms with van der Waals surface area (Å²) < 4.78 is 4.96. The van der Waals surface area contributed by atoms with Crippen LogP contribution in [0, 0.1) is 11.8 Å². The van der Waals surface area contributed by atoms with Crippen molar-refractivity contribution in [2.24, 2.45) is 11.8 Å². The van der Waals surface area contributed by atoms with E-state index in [9.17, 15) is 9.59 Å². The molecule has 1 N–H and O–H groups in total. The molecule has 0 saturated carbocycles. The number of carboxylic acid groups (broad SMARTS) is 1. The summed E-state index contributed by atoms with van der Waals surface area (Å²) in [6.07, 6.45) is 4.69. The van der Waals surface area contributed by atoms with Crippen molar-refractivity contribution in [3.8, 4) is 0 Å². The second kappa shape index (κ2) is 7.16. The van der Waals surface area contributed by atoms with Crippen LogP contribution in [-0.4, -0.2) is 48.7 Å². The second-order valence-corrected chi connectivity index (χ2v) is 4.40. The van der Waals surface area contributed by atoms with E-state index in [0.717, 1.165) is 0 Å². The third-order valence-electron chi connectivity index (χ3n) is 3.33. The normalized spacial score (nSPS) is 22.8. The van der Waals surface area contributed by atoms with Crippen LogP contribution in [0.15, 0.2) is 12.2 Å². The summed E-state index contributed by atoms with van der Waals surface area (Å²) in [5, 5.41) is 9.16. The molecule has 0 aromatic heterocycles. The summed E-state index contributed by atoms with van der Waals surface area (Å²) in [6, 6.07) is 0. The Kier molecular flexibility index (Phi) is 5.85. The highest BCUT2D eigenvalue weighted by Crippen LogP contribution is 2.27. The van der Waals surface area contributed by atoms with Crippen molar-refractivity contribution in [1.29, 1.82) is 0 Å². The first-order valence-electron chi connectivity index (χ1n) is 6.27. The summed E-state index contributed by atoms with van der Waals surface area (Å²) in [4.78, 5) is 25.2. The van der Waals surface area contributed by atoms with Gasteiger partial charge in [0.15, 0.2) is 0 Å². The predicted octanol–water partition coefficient (Wildman–Crippen LogP) is 1.15. The molecule has 0 heterocycles. The lowest BCUT2D eigenvalue weighted by molar-refractivity contribution is -0.150. The van der Waals surface area contributed by atoms with Crippen LogP contribution in [0.1, 0.15) is 19.8 Å². The minimum Gasteiger partial charge on any atom is -0.481 e. The maximum absolute atomic E-state index is 12.3. The molecule has 102 valence electrons. The molecule has 0 fully saturated rings. The van der Waals surface area contributed by atoms with E-state index in [2.05, 4.69) is 0 Å². The Hall–Kier alpha value is -1.36. The van der Waals surface area contributed by atoms with E-state index in [1.807, 2.05) is 19.1 Å². The Balaban J connectivity index is 2.72. The predicted molar refractivity (Wildman–Crippen MR) is 67.1 cm³/mol. The Labute approximate surface area is 107 Å². The number of rotatable bonds is 6. The zero-order chi connectivity index (χ0) is 13.5. The van der Waals surface area contributed by atoms with Crippen LogP contribution in [-0.2, 0) is 14.3 Å². The Morgan fingerprint density at radius 3 is 2.44 bits per heavy atom. The number of aliphatic carboxylic acids is 1. The number of nitrogens with zero attached hydrogens (tertiary/aromatic N) is 1. The van der Waals surface area contributed by atoms with Gasteiger partial charge in [0.1, 0.15) is 0 Å². The van der Waals surface area contributed by atoms with Gasteiger partial charge in [0, 0.05) is 20.2 Å². The molecule has 1 rings (SSSR count). The fourth-order valence-electron chi connectivity index (χ4n) is 2.22. The van der Waals surface area contributed by atoms with Crippen LogP contribution in [0.3, 0.4) is 0 Å². The zero-order valence-electron chi connectivity index (χ0n) is 11.0. The van der Waals surface area contributed by atoms with Gasteiger partial charge in [-0.3, -0.25) is 9.59 Å². The van der Waals surface area contributed by atoms with Crippen LogP contribution >= 0.6 is 0 Å². The number of carbonyl (C=O) groups is 2. The van der Waals surface area contributed by atoms with Crippen LogP contribution in [0.25, 0.3) is 0 Å². The van der Waals surface area contributed by atoms with E-state index in [0.29, 0.717) is 32.5 Å². The molecule has 1 amide bonds. The van der Waals surface area contributed by atoms with E-state index >= 15 is 0 Å². The zero-order valence-corrected chi connectivity index (χ0v) is 11.0. The van der Waals surface area contributed by atoms with E-state index in [-0.39, 0.29) is 5.91 Å². The highest BCUT2D eigenvalue weighted by atomic mass is 16.5. The molecular weight excluding hydrogens is 234 g/mol. The van der Waals surface area contributed by atoms with Crippen molar-refractivity contribution in [3.05, 3.63) is 12.2 Å².